The second-order valence-corrected chi connectivity index (χ2v) is 3.87. The van der Waals surface area contributed by atoms with Gasteiger partial charge >= 0.3 is 5.97 Å². The second kappa shape index (κ2) is 4.98. The van der Waals surface area contributed by atoms with Gasteiger partial charge in [-0.2, -0.15) is 0 Å². The lowest BCUT2D eigenvalue weighted by Gasteiger charge is -2.27. The zero-order chi connectivity index (χ0) is 10.6. The number of carbonyl (C=O) groups is 2. The molecule has 1 atom stereocenters. The molecule has 0 bridgehead atoms. The first-order valence-electron chi connectivity index (χ1n) is 5.12. The lowest BCUT2D eigenvalue weighted by Crippen LogP contribution is -2.37. The largest absolute Gasteiger partial charge is 0.481 e. The number of hydrogen-bond donors (Lipinski definition) is 1. The molecule has 1 N–H and O–H groups in total. The highest BCUT2D eigenvalue weighted by molar-refractivity contribution is 5.77. The summed E-state index contributed by atoms with van der Waals surface area (Å²) in [6, 6.07) is 0. The first-order chi connectivity index (χ1) is 6.61. The Morgan fingerprint density at radius 2 is 2.29 bits per heavy atom. The second-order valence-electron chi connectivity index (χ2n) is 3.87. The van der Waals surface area contributed by atoms with Crippen molar-refractivity contribution in [2.24, 2.45) is 5.92 Å². The number of aliphatic carboxylic acids is 1. The summed E-state index contributed by atoms with van der Waals surface area (Å²) in [6.45, 7) is 3.06. The van der Waals surface area contributed by atoms with Gasteiger partial charge < -0.3 is 10.0 Å². The minimum Gasteiger partial charge on any atom is -0.481 e. The lowest BCUT2D eigenvalue weighted by atomic mass is 10.1. The molecule has 1 saturated heterocycles. The van der Waals surface area contributed by atoms with E-state index in [0.29, 0.717) is 19.4 Å². The van der Waals surface area contributed by atoms with E-state index in [9.17, 15) is 9.59 Å². The van der Waals surface area contributed by atoms with Gasteiger partial charge in [0.15, 0.2) is 0 Å². The third-order valence-electron chi connectivity index (χ3n) is 2.67. The Bertz CT molecular complexity index is 227. The van der Waals surface area contributed by atoms with Crippen LogP contribution in [0.25, 0.3) is 0 Å². The van der Waals surface area contributed by atoms with Crippen LogP contribution in [0.2, 0.25) is 0 Å². The molecule has 1 fully saturated rings. The van der Waals surface area contributed by atoms with Crippen LogP contribution in [-0.4, -0.2) is 35.0 Å². The van der Waals surface area contributed by atoms with Crippen molar-refractivity contribution in [2.75, 3.05) is 13.1 Å². The van der Waals surface area contributed by atoms with Crippen molar-refractivity contribution in [1.29, 1.82) is 0 Å². The number of rotatable bonds is 4. The third-order valence-corrected chi connectivity index (χ3v) is 2.67. The van der Waals surface area contributed by atoms with Crippen molar-refractivity contribution in [2.45, 2.75) is 32.6 Å². The number of nitrogens with zero attached hydrogens (tertiary/aromatic N) is 1. The lowest BCUT2D eigenvalue weighted by molar-refractivity contribution is -0.142. The van der Waals surface area contributed by atoms with E-state index in [2.05, 4.69) is 0 Å². The molecule has 0 aromatic heterocycles. The number of amides is 1. The minimum absolute atomic E-state index is 0.175. The average molecular weight is 199 g/mol. The molecule has 0 spiro atoms. The molecule has 0 aliphatic carbocycles. The molecule has 4 nitrogen and oxygen atoms in total. The molecule has 1 aliphatic heterocycles. The van der Waals surface area contributed by atoms with Gasteiger partial charge in [-0.1, -0.05) is 6.92 Å². The van der Waals surface area contributed by atoms with Crippen LogP contribution in [0.1, 0.15) is 32.6 Å². The van der Waals surface area contributed by atoms with E-state index in [-0.39, 0.29) is 11.8 Å². The molecule has 80 valence electrons. The summed E-state index contributed by atoms with van der Waals surface area (Å²) in [5, 5.41) is 8.67. The van der Waals surface area contributed by atoms with Crippen molar-refractivity contribution in [3.8, 4) is 0 Å². The van der Waals surface area contributed by atoms with E-state index in [1.54, 1.807) is 11.8 Å². The number of hydrogen-bond acceptors (Lipinski definition) is 2. The molecule has 1 aliphatic rings. The fraction of sp³-hybridized carbons (Fsp3) is 0.800. The molecular formula is C10H17NO3. The zero-order valence-electron chi connectivity index (χ0n) is 8.53. The summed E-state index contributed by atoms with van der Waals surface area (Å²) in [7, 11) is 0. The highest BCUT2D eigenvalue weighted by atomic mass is 16.4. The van der Waals surface area contributed by atoms with Crippen LogP contribution < -0.4 is 0 Å². The Hall–Kier alpha value is -1.06. The van der Waals surface area contributed by atoms with Crippen LogP contribution in [0.3, 0.4) is 0 Å². The SMILES string of the molecule is CC(CCN1CCCCC1=O)C(=O)O. The molecule has 0 saturated carbocycles. The molecule has 0 aromatic rings. The standard InChI is InChI=1S/C10H17NO3/c1-8(10(13)14)5-7-11-6-3-2-4-9(11)12/h8H,2-7H2,1H3,(H,13,14). The number of likely N-dealkylation sites (tertiary alicyclic amines) is 1. The van der Waals surface area contributed by atoms with Crippen molar-refractivity contribution >= 4 is 11.9 Å². The van der Waals surface area contributed by atoms with Gasteiger partial charge in [0, 0.05) is 19.5 Å². The van der Waals surface area contributed by atoms with Gasteiger partial charge in [0.1, 0.15) is 0 Å². The van der Waals surface area contributed by atoms with E-state index in [1.807, 2.05) is 0 Å². The van der Waals surface area contributed by atoms with Crippen molar-refractivity contribution in [3.05, 3.63) is 0 Å². The Balaban J connectivity index is 2.29. The van der Waals surface area contributed by atoms with Gasteiger partial charge in [0.25, 0.3) is 0 Å². The van der Waals surface area contributed by atoms with Gasteiger partial charge in [-0.3, -0.25) is 9.59 Å². The summed E-state index contributed by atoms with van der Waals surface area (Å²) < 4.78 is 0. The number of piperidine rings is 1. The summed E-state index contributed by atoms with van der Waals surface area (Å²) in [6.07, 6.45) is 3.21. The van der Waals surface area contributed by atoms with Gasteiger partial charge in [-0.25, -0.2) is 0 Å². The third kappa shape index (κ3) is 3.01. The van der Waals surface area contributed by atoms with Gasteiger partial charge in [-0.05, 0) is 19.3 Å². The van der Waals surface area contributed by atoms with E-state index in [1.165, 1.54) is 0 Å². The predicted molar refractivity (Wildman–Crippen MR) is 51.8 cm³/mol. The first-order valence-corrected chi connectivity index (χ1v) is 5.12. The monoisotopic (exact) mass is 199 g/mol. The van der Waals surface area contributed by atoms with E-state index >= 15 is 0 Å². The summed E-state index contributed by atoms with van der Waals surface area (Å²) >= 11 is 0. The van der Waals surface area contributed by atoms with Crippen molar-refractivity contribution in [1.82, 2.24) is 4.90 Å². The van der Waals surface area contributed by atoms with Crippen molar-refractivity contribution in [3.63, 3.8) is 0 Å². The Kier molecular flexibility index (Phi) is 3.92. The molecule has 14 heavy (non-hydrogen) atoms. The maximum atomic E-state index is 11.4. The fourth-order valence-corrected chi connectivity index (χ4v) is 1.57. The quantitative estimate of drug-likeness (QED) is 0.737. The van der Waals surface area contributed by atoms with Crippen LogP contribution in [0, 0.1) is 5.92 Å². The molecule has 1 heterocycles. The van der Waals surface area contributed by atoms with Gasteiger partial charge in [-0.15, -0.1) is 0 Å². The average Bonchev–Trinajstić information content (AvgIpc) is 2.16. The van der Waals surface area contributed by atoms with Gasteiger partial charge in [0.2, 0.25) is 5.91 Å². The molecule has 0 aromatic carbocycles. The Labute approximate surface area is 83.9 Å². The van der Waals surface area contributed by atoms with Crippen molar-refractivity contribution < 1.29 is 14.7 Å². The summed E-state index contributed by atoms with van der Waals surface area (Å²) in [4.78, 5) is 23.7. The normalized spacial score (nSPS) is 19.5. The molecule has 4 heteroatoms. The number of carboxylic acids is 1. The summed E-state index contributed by atoms with van der Waals surface area (Å²) in [5.74, 6) is -0.965. The summed E-state index contributed by atoms with van der Waals surface area (Å²) in [5.41, 5.74) is 0. The van der Waals surface area contributed by atoms with Crippen LogP contribution in [0.5, 0.6) is 0 Å². The topological polar surface area (TPSA) is 57.6 Å². The maximum absolute atomic E-state index is 11.4. The zero-order valence-corrected chi connectivity index (χ0v) is 8.53. The highest BCUT2D eigenvalue weighted by Gasteiger charge is 2.19. The van der Waals surface area contributed by atoms with Crippen LogP contribution in [0.4, 0.5) is 0 Å². The molecule has 1 unspecified atom stereocenters. The van der Waals surface area contributed by atoms with Crippen LogP contribution in [0.15, 0.2) is 0 Å². The fourth-order valence-electron chi connectivity index (χ4n) is 1.57. The van der Waals surface area contributed by atoms with Gasteiger partial charge in [0.05, 0.1) is 5.92 Å². The predicted octanol–water partition coefficient (Wildman–Crippen LogP) is 1.11. The molecular weight excluding hydrogens is 182 g/mol. The molecule has 1 amide bonds. The maximum Gasteiger partial charge on any atom is 0.306 e. The van der Waals surface area contributed by atoms with E-state index < -0.39 is 5.97 Å². The Morgan fingerprint density at radius 3 is 2.86 bits per heavy atom. The number of carbonyl (C=O) groups excluding carboxylic acids is 1. The smallest absolute Gasteiger partial charge is 0.306 e. The Morgan fingerprint density at radius 1 is 1.57 bits per heavy atom. The van der Waals surface area contributed by atoms with E-state index in [0.717, 1.165) is 19.4 Å². The molecule has 1 rings (SSSR count). The number of carboxylic acid groups (broad SMARTS) is 1. The first kappa shape index (κ1) is 11.0. The van der Waals surface area contributed by atoms with Crippen LogP contribution in [-0.2, 0) is 9.59 Å². The minimum atomic E-state index is -0.783. The highest BCUT2D eigenvalue weighted by Crippen LogP contribution is 2.12. The van der Waals surface area contributed by atoms with Crippen LogP contribution >= 0.6 is 0 Å². The molecule has 0 radical (unpaired) electrons. The van der Waals surface area contributed by atoms with E-state index in [4.69, 9.17) is 5.11 Å².